The molecule has 0 radical (unpaired) electrons. The van der Waals surface area contributed by atoms with E-state index in [2.05, 4.69) is 64.4 Å². The summed E-state index contributed by atoms with van der Waals surface area (Å²) in [5.74, 6) is 1.27. The second-order valence-corrected chi connectivity index (χ2v) is 7.57. The lowest BCUT2D eigenvalue weighted by molar-refractivity contribution is 0.259. The number of fused-ring (bicyclic) bond motifs is 1. The van der Waals surface area contributed by atoms with E-state index in [1.54, 1.807) is 0 Å². The maximum absolute atomic E-state index is 7.30. The van der Waals surface area contributed by atoms with Gasteiger partial charge < -0.3 is 9.88 Å². The highest BCUT2D eigenvalue weighted by Crippen LogP contribution is 2.43. The molecule has 1 saturated carbocycles. The standard InChI is InChI=1S/C23H25N3/c1-24-19-11-12-23-21(13-19)22(14-25-23)20-10-6-9-18(20)16-26(2)15-17-7-4-3-5-8-17/h3-5,7-8,11-14,18,20,25H,6,9-10,15-16H2,2H3/t18-,20+/m1/s1. The Morgan fingerprint density at radius 1 is 1.15 bits per heavy atom. The molecule has 0 unspecified atom stereocenters. The third-order valence-corrected chi connectivity index (χ3v) is 5.73. The van der Waals surface area contributed by atoms with E-state index < -0.39 is 0 Å². The van der Waals surface area contributed by atoms with Gasteiger partial charge in [-0.25, -0.2) is 4.85 Å². The molecule has 2 aromatic carbocycles. The summed E-state index contributed by atoms with van der Waals surface area (Å²) in [7, 11) is 2.23. The number of aromatic amines is 1. The molecule has 3 aromatic rings. The fourth-order valence-corrected chi connectivity index (χ4v) is 4.53. The zero-order valence-electron chi connectivity index (χ0n) is 15.3. The van der Waals surface area contributed by atoms with Crippen LogP contribution >= 0.6 is 0 Å². The van der Waals surface area contributed by atoms with Crippen LogP contribution in [0.25, 0.3) is 15.7 Å². The number of nitrogens with zero attached hydrogens (tertiary/aromatic N) is 2. The summed E-state index contributed by atoms with van der Waals surface area (Å²) in [6.45, 7) is 9.42. The maximum Gasteiger partial charge on any atom is 0.187 e. The smallest absolute Gasteiger partial charge is 0.187 e. The highest BCUT2D eigenvalue weighted by Gasteiger charge is 2.31. The minimum absolute atomic E-state index is 0.586. The summed E-state index contributed by atoms with van der Waals surface area (Å²) in [5, 5.41) is 1.24. The number of benzene rings is 2. The molecule has 0 bridgehead atoms. The molecule has 1 aliphatic rings. The van der Waals surface area contributed by atoms with Crippen molar-refractivity contribution in [2.75, 3.05) is 13.6 Å². The van der Waals surface area contributed by atoms with Crippen LogP contribution in [0.5, 0.6) is 0 Å². The van der Waals surface area contributed by atoms with Gasteiger partial charge in [0.15, 0.2) is 5.69 Å². The summed E-state index contributed by atoms with van der Waals surface area (Å²) < 4.78 is 0. The molecule has 1 aromatic heterocycles. The maximum atomic E-state index is 7.30. The molecule has 1 aliphatic carbocycles. The SMILES string of the molecule is [C-]#[N+]c1ccc2[nH]cc([C@H]3CCC[C@@H]3CN(C)Cc3ccccc3)c2c1. The van der Waals surface area contributed by atoms with Crippen LogP contribution in [0.4, 0.5) is 5.69 Å². The van der Waals surface area contributed by atoms with Crippen molar-refractivity contribution in [2.45, 2.75) is 31.7 Å². The molecule has 1 heterocycles. The Bertz CT molecular complexity index is 920. The lowest BCUT2D eigenvalue weighted by Crippen LogP contribution is -2.26. The van der Waals surface area contributed by atoms with E-state index in [-0.39, 0.29) is 0 Å². The first-order chi connectivity index (χ1) is 12.7. The molecule has 4 rings (SSSR count). The van der Waals surface area contributed by atoms with Gasteiger partial charge in [0.1, 0.15) is 0 Å². The van der Waals surface area contributed by atoms with Crippen molar-refractivity contribution in [3.05, 3.63) is 77.3 Å². The summed E-state index contributed by atoms with van der Waals surface area (Å²) in [5.41, 5.74) is 4.66. The van der Waals surface area contributed by atoms with E-state index in [0.717, 1.165) is 24.3 Å². The van der Waals surface area contributed by atoms with E-state index >= 15 is 0 Å². The van der Waals surface area contributed by atoms with Gasteiger partial charge in [0.25, 0.3) is 0 Å². The molecule has 1 fully saturated rings. The van der Waals surface area contributed by atoms with Gasteiger partial charge in [0, 0.05) is 24.8 Å². The van der Waals surface area contributed by atoms with E-state index in [9.17, 15) is 0 Å². The van der Waals surface area contributed by atoms with Crippen LogP contribution in [0.2, 0.25) is 0 Å². The van der Waals surface area contributed by atoms with Crippen LogP contribution in [-0.2, 0) is 6.54 Å². The van der Waals surface area contributed by atoms with Crippen molar-refractivity contribution in [3.8, 4) is 0 Å². The van der Waals surface area contributed by atoms with Crippen LogP contribution in [-0.4, -0.2) is 23.5 Å². The molecular formula is C23H25N3. The third-order valence-electron chi connectivity index (χ3n) is 5.73. The highest BCUT2D eigenvalue weighted by atomic mass is 15.1. The minimum Gasteiger partial charge on any atom is -0.361 e. The number of H-pyrrole nitrogens is 1. The van der Waals surface area contributed by atoms with Crippen LogP contribution in [0.1, 0.15) is 36.3 Å². The zero-order chi connectivity index (χ0) is 17.9. The topological polar surface area (TPSA) is 23.4 Å². The van der Waals surface area contributed by atoms with Crippen molar-refractivity contribution in [1.82, 2.24) is 9.88 Å². The predicted octanol–water partition coefficient (Wildman–Crippen LogP) is 5.73. The van der Waals surface area contributed by atoms with E-state index in [1.807, 2.05) is 12.1 Å². The average molecular weight is 343 g/mol. The molecule has 0 amide bonds. The van der Waals surface area contributed by atoms with Gasteiger partial charge in [0.05, 0.1) is 6.57 Å². The second kappa shape index (κ2) is 7.35. The van der Waals surface area contributed by atoms with Crippen molar-refractivity contribution in [3.63, 3.8) is 0 Å². The monoisotopic (exact) mass is 343 g/mol. The average Bonchev–Trinajstić information content (AvgIpc) is 3.28. The van der Waals surface area contributed by atoms with E-state index in [4.69, 9.17) is 6.57 Å². The number of hydrogen-bond donors (Lipinski definition) is 1. The molecule has 1 N–H and O–H groups in total. The predicted molar refractivity (Wildman–Crippen MR) is 107 cm³/mol. The van der Waals surface area contributed by atoms with Crippen LogP contribution < -0.4 is 0 Å². The van der Waals surface area contributed by atoms with Gasteiger partial charge in [-0.3, -0.25) is 0 Å². The summed E-state index contributed by atoms with van der Waals surface area (Å²) in [4.78, 5) is 9.48. The Morgan fingerprint density at radius 2 is 2.00 bits per heavy atom. The largest absolute Gasteiger partial charge is 0.361 e. The first kappa shape index (κ1) is 16.9. The van der Waals surface area contributed by atoms with Gasteiger partial charge in [0.2, 0.25) is 0 Å². The number of nitrogens with one attached hydrogen (secondary N) is 1. The van der Waals surface area contributed by atoms with Gasteiger partial charge in [-0.2, -0.15) is 0 Å². The van der Waals surface area contributed by atoms with E-state index in [0.29, 0.717) is 11.8 Å². The Hall–Kier alpha value is -2.57. The van der Waals surface area contributed by atoms with E-state index in [1.165, 1.54) is 35.8 Å². The fraction of sp³-hybridized carbons (Fsp3) is 0.348. The van der Waals surface area contributed by atoms with Crippen LogP contribution in [0.3, 0.4) is 0 Å². The molecule has 3 nitrogen and oxygen atoms in total. The quantitative estimate of drug-likeness (QED) is 0.587. The molecule has 26 heavy (non-hydrogen) atoms. The van der Waals surface area contributed by atoms with Crippen LogP contribution in [0.15, 0.2) is 54.7 Å². The summed E-state index contributed by atoms with van der Waals surface area (Å²) >= 11 is 0. The van der Waals surface area contributed by atoms with Crippen molar-refractivity contribution in [2.24, 2.45) is 5.92 Å². The Morgan fingerprint density at radius 3 is 2.81 bits per heavy atom. The first-order valence-electron chi connectivity index (χ1n) is 9.45. The van der Waals surface area contributed by atoms with Crippen molar-refractivity contribution < 1.29 is 0 Å². The number of hydrogen-bond acceptors (Lipinski definition) is 1. The lowest BCUT2D eigenvalue weighted by atomic mass is 9.88. The van der Waals surface area contributed by atoms with Crippen molar-refractivity contribution >= 4 is 16.6 Å². The zero-order valence-corrected chi connectivity index (χ0v) is 15.3. The molecule has 0 spiro atoms. The minimum atomic E-state index is 0.586. The summed E-state index contributed by atoms with van der Waals surface area (Å²) in [6, 6.07) is 16.7. The summed E-state index contributed by atoms with van der Waals surface area (Å²) in [6.07, 6.45) is 6.01. The lowest BCUT2D eigenvalue weighted by Gasteiger charge is -2.25. The molecule has 2 atom stereocenters. The van der Waals surface area contributed by atoms with Gasteiger partial charge in [-0.15, -0.1) is 0 Å². The molecule has 0 aliphatic heterocycles. The Balaban J connectivity index is 1.52. The first-order valence-corrected chi connectivity index (χ1v) is 9.45. The molecule has 0 saturated heterocycles. The Labute approximate surface area is 155 Å². The molecule has 132 valence electrons. The normalized spacial score (nSPS) is 19.9. The number of rotatable bonds is 5. The molecule has 3 heteroatoms. The van der Waals surface area contributed by atoms with Gasteiger partial charge in [-0.05, 0) is 60.4 Å². The highest BCUT2D eigenvalue weighted by molar-refractivity contribution is 5.87. The van der Waals surface area contributed by atoms with Crippen LogP contribution in [0, 0.1) is 12.5 Å². The van der Waals surface area contributed by atoms with Crippen molar-refractivity contribution in [1.29, 1.82) is 0 Å². The molecular weight excluding hydrogens is 318 g/mol. The fourth-order valence-electron chi connectivity index (χ4n) is 4.53. The number of aromatic nitrogens is 1. The second-order valence-electron chi connectivity index (χ2n) is 7.57. The van der Waals surface area contributed by atoms with Gasteiger partial charge in [-0.1, -0.05) is 42.8 Å². The Kier molecular flexibility index (Phi) is 4.77. The third kappa shape index (κ3) is 3.38. The van der Waals surface area contributed by atoms with Gasteiger partial charge >= 0.3 is 0 Å².